The van der Waals surface area contributed by atoms with Crippen molar-refractivity contribution in [3.05, 3.63) is 16.7 Å². The Bertz CT molecular complexity index is 890. The van der Waals surface area contributed by atoms with Crippen molar-refractivity contribution in [2.24, 2.45) is 0 Å². The van der Waals surface area contributed by atoms with Gasteiger partial charge in [-0.2, -0.15) is 4.98 Å². The van der Waals surface area contributed by atoms with E-state index in [0.29, 0.717) is 0 Å². The van der Waals surface area contributed by atoms with Gasteiger partial charge in [-0.1, -0.05) is 0 Å². The van der Waals surface area contributed by atoms with Crippen molar-refractivity contribution in [3.8, 4) is 0 Å². The van der Waals surface area contributed by atoms with Crippen LogP contribution in [0.25, 0.3) is 11.2 Å². The number of phosphoric ester groups is 1. The average molecular weight is 389 g/mol. The summed E-state index contributed by atoms with van der Waals surface area (Å²) >= 11 is 0. The number of nitrogen functional groups attached to an aromatic ring is 1. The smallest absolute Gasteiger partial charge is 0.853 e. The maximum Gasteiger partial charge on any atom is 1.00 e. The minimum absolute atomic E-state index is 0. The van der Waals surface area contributed by atoms with E-state index in [-0.39, 0.29) is 76.2 Å². The van der Waals surface area contributed by atoms with Crippen molar-refractivity contribution in [2.75, 3.05) is 12.3 Å². The third kappa shape index (κ3) is 3.64. The summed E-state index contributed by atoms with van der Waals surface area (Å²) in [5.41, 5.74) is 5.03. The van der Waals surface area contributed by atoms with Gasteiger partial charge in [0.05, 0.1) is 12.4 Å². The predicted molar refractivity (Wildman–Crippen MR) is 68.7 cm³/mol. The van der Waals surface area contributed by atoms with E-state index < -0.39 is 44.5 Å². The molecule has 2 aliphatic heterocycles. The van der Waals surface area contributed by atoms with Crippen molar-refractivity contribution in [1.82, 2.24) is 19.5 Å². The Hall–Kier alpha value is 0.180. The first-order valence-corrected chi connectivity index (χ1v) is 7.99. The zero-order valence-corrected chi connectivity index (χ0v) is 18.2. The van der Waals surface area contributed by atoms with Gasteiger partial charge in [-0.05, 0) is 0 Å². The van der Waals surface area contributed by atoms with Crippen LogP contribution in [0.3, 0.4) is 0 Å². The molecule has 2 aromatic rings. The van der Waals surface area contributed by atoms with Gasteiger partial charge in [0.1, 0.15) is 12.2 Å². The second-order valence-electron chi connectivity index (χ2n) is 5.09. The first-order valence-electron chi connectivity index (χ1n) is 6.53. The van der Waals surface area contributed by atoms with Crippen molar-refractivity contribution in [1.29, 1.82) is 0 Å². The fourth-order valence-electron chi connectivity index (χ4n) is 2.76. The van der Waals surface area contributed by atoms with Gasteiger partial charge < -0.3 is 29.5 Å². The van der Waals surface area contributed by atoms with Crippen LogP contribution < -0.4 is 80.4 Å². The molecule has 4 rings (SSSR count). The number of hydrogen-bond acceptors (Lipinski definition) is 10. The Morgan fingerprint density at radius 3 is 2.72 bits per heavy atom. The van der Waals surface area contributed by atoms with Gasteiger partial charge in [0.2, 0.25) is 5.95 Å². The number of rotatable bonds is 2. The summed E-state index contributed by atoms with van der Waals surface area (Å²) in [6.07, 6.45) is -2.96. The van der Waals surface area contributed by atoms with Crippen LogP contribution in [0.2, 0.25) is 0 Å². The van der Waals surface area contributed by atoms with Gasteiger partial charge in [-0.3, -0.25) is 18.9 Å². The molecule has 0 bridgehead atoms. The zero-order valence-electron chi connectivity index (χ0n) is 13.3. The molecule has 0 spiro atoms. The van der Waals surface area contributed by atoms with Crippen LogP contribution >= 0.6 is 7.82 Å². The maximum atomic E-state index is 11.8. The fraction of sp³-hybridized carbons (Fsp3) is 0.500. The van der Waals surface area contributed by atoms with Gasteiger partial charge >= 0.3 is 59.1 Å². The van der Waals surface area contributed by atoms with E-state index in [2.05, 4.69) is 15.0 Å². The number of fused-ring (bicyclic) bond motifs is 2. The fourth-order valence-corrected chi connectivity index (χ4v) is 3.88. The maximum absolute atomic E-state index is 11.8. The van der Waals surface area contributed by atoms with Gasteiger partial charge in [-0.15, -0.1) is 6.61 Å². The molecule has 2 aromatic heterocycles. The van der Waals surface area contributed by atoms with Crippen LogP contribution in [0.15, 0.2) is 11.1 Å². The molecular weight excluding hydrogens is 379 g/mol. The summed E-state index contributed by atoms with van der Waals surface area (Å²) in [6, 6.07) is 0. The summed E-state index contributed by atoms with van der Waals surface area (Å²) < 4.78 is 27.9. The molecule has 0 amide bonds. The van der Waals surface area contributed by atoms with E-state index in [1.165, 1.54) is 10.9 Å². The van der Waals surface area contributed by atoms with Crippen LogP contribution in [0, 0.1) is 0 Å². The van der Waals surface area contributed by atoms with E-state index in [9.17, 15) is 19.4 Å². The van der Waals surface area contributed by atoms with E-state index in [4.69, 9.17) is 19.5 Å². The SMILES string of the molecule is Nc1nc2c(ncn2[C@@H]2O[C@H](C[O-])[C@H]3OP(=O)([O-])O[C@H]32)c(=O)[nH]1.[Na+].[Na+]. The molecule has 15 heteroatoms. The van der Waals surface area contributed by atoms with Crippen molar-refractivity contribution in [3.63, 3.8) is 0 Å². The Kier molecular flexibility index (Phi) is 6.58. The zero-order chi connectivity index (χ0) is 16.4. The number of hydrogen-bond donors (Lipinski definition) is 2. The van der Waals surface area contributed by atoms with E-state index in [1.807, 2.05) is 0 Å². The minimum atomic E-state index is -4.51. The van der Waals surface area contributed by atoms with Crippen molar-refractivity contribution >= 4 is 24.9 Å². The Morgan fingerprint density at radius 1 is 1.36 bits per heavy atom. The standard InChI is InChI=1S/C10H11N5O7P.2Na/c11-10-13-7-4(8(17)14-10)12-2-15(7)9-6-5(3(1-16)20-9)21-23(18,19)22-6;;/h2-3,5-6,9H,1H2,(H,18,19)(H3,11,13,14,17);;/q-1;2*+1/p-1/t3-,5-,6-,9-;;/m1../s1. The van der Waals surface area contributed by atoms with Crippen LogP contribution in [-0.2, 0) is 18.3 Å². The van der Waals surface area contributed by atoms with E-state index >= 15 is 0 Å². The normalized spacial score (nSPS) is 33.7. The Balaban J connectivity index is 0.00000113. The number of nitrogens with zero attached hydrogens (tertiary/aromatic N) is 3. The molecule has 25 heavy (non-hydrogen) atoms. The van der Waals surface area contributed by atoms with Crippen LogP contribution in [0.5, 0.6) is 0 Å². The number of anilines is 1. The molecule has 1 unspecified atom stereocenters. The molecule has 2 fully saturated rings. The summed E-state index contributed by atoms with van der Waals surface area (Å²) in [5.74, 6) is -0.141. The molecule has 124 valence electrons. The number of ether oxygens (including phenoxy) is 1. The molecule has 5 atom stereocenters. The van der Waals surface area contributed by atoms with E-state index in [0.717, 1.165) is 0 Å². The minimum Gasteiger partial charge on any atom is -0.853 e. The summed E-state index contributed by atoms with van der Waals surface area (Å²) in [6.45, 7) is -0.718. The molecule has 0 aromatic carbocycles. The van der Waals surface area contributed by atoms with Crippen LogP contribution in [0.4, 0.5) is 5.95 Å². The Labute approximate surface area is 184 Å². The second-order valence-corrected chi connectivity index (χ2v) is 6.41. The number of nitrogens with two attached hydrogens (primary N) is 1. The third-order valence-electron chi connectivity index (χ3n) is 3.68. The van der Waals surface area contributed by atoms with Crippen LogP contribution in [0.1, 0.15) is 6.23 Å². The number of phosphoric acid groups is 1. The Morgan fingerprint density at radius 2 is 2.04 bits per heavy atom. The first kappa shape index (κ1) is 21.5. The first-order chi connectivity index (χ1) is 10.9. The van der Waals surface area contributed by atoms with Crippen molar-refractivity contribution < 1.29 is 87.5 Å². The molecule has 12 nitrogen and oxygen atoms in total. The van der Waals surface area contributed by atoms with Crippen LogP contribution in [-0.4, -0.2) is 44.4 Å². The number of aromatic amines is 1. The quantitative estimate of drug-likeness (QED) is 0.370. The molecular formula is C10H10N5Na2O7P. The van der Waals surface area contributed by atoms with Crippen molar-refractivity contribution in [2.45, 2.75) is 24.5 Å². The van der Waals surface area contributed by atoms with Gasteiger partial charge in [0.15, 0.2) is 17.4 Å². The molecule has 4 heterocycles. The van der Waals surface area contributed by atoms with Gasteiger partial charge in [-0.25, -0.2) is 4.98 Å². The molecule has 2 saturated heterocycles. The number of imidazole rings is 1. The summed E-state index contributed by atoms with van der Waals surface area (Å²) in [4.78, 5) is 33.4. The monoisotopic (exact) mass is 389 g/mol. The average Bonchev–Trinajstić information content (AvgIpc) is 3.09. The van der Waals surface area contributed by atoms with Gasteiger partial charge in [0, 0.05) is 0 Å². The number of nitrogens with one attached hydrogen (secondary N) is 1. The second kappa shape index (κ2) is 7.66. The number of aromatic nitrogens is 4. The molecule has 3 N–H and O–H groups in total. The molecule has 0 saturated carbocycles. The summed E-state index contributed by atoms with van der Waals surface area (Å²) in [5, 5.41) is 11.2. The molecule has 2 aliphatic rings. The molecule has 0 aliphatic carbocycles. The third-order valence-corrected chi connectivity index (χ3v) is 4.68. The summed E-state index contributed by atoms with van der Waals surface area (Å²) in [7, 11) is -4.51. The number of H-pyrrole nitrogens is 1. The van der Waals surface area contributed by atoms with E-state index in [1.54, 1.807) is 0 Å². The largest absolute Gasteiger partial charge is 1.00 e. The topological polar surface area (TPSA) is 180 Å². The molecule has 0 radical (unpaired) electrons. The predicted octanol–water partition coefficient (Wildman–Crippen LogP) is -8.78. The van der Waals surface area contributed by atoms with Gasteiger partial charge in [0.25, 0.3) is 13.4 Å².